The number of piperidine rings is 1. The molecule has 1 aromatic rings. The third-order valence-electron chi connectivity index (χ3n) is 3.77. The van der Waals surface area contributed by atoms with E-state index in [-0.39, 0.29) is 10.4 Å². The predicted molar refractivity (Wildman–Crippen MR) is 69.5 cm³/mol. The van der Waals surface area contributed by atoms with E-state index in [0.717, 1.165) is 12.8 Å². The molecule has 1 aliphatic rings. The molecule has 0 atom stereocenters. The molecular formula is C12H21N3O2S. The number of H-pyrrole nitrogens is 1. The normalized spacial score (nSPS) is 20.2. The van der Waals surface area contributed by atoms with Crippen molar-refractivity contribution in [3.63, 3.8) is 0 Å². The summed E-state index contributed by atoms with van der Waals surface area (Å²) in [5.41, 5.74) is 0.254. The number of sulfonamides is 1. The number of aromatic amines is 1. The van der Waals surface area contributed by atoms with E-state index >= 15 is 0 Å². The van der Waals surface area contributed by atoms with Gasteiger partial charge in [-0.2, -0.15) is 9.40 Å². The zero-order valence-corrected chi connectivity index (χ0v) is 12.0. The first kappa shape index (κ1) is 13.5. The topological polar surface area (TPSA) is 66.1 Å². The van der Waals surface area contributed by atoms with Crippen LogP contribution in [-0.4, -0.2) is 36.0 Å². The Morgan fingerprint density at radius 1 is 1.33 bits per heavy atom. The fraction of sp³-hybridized carbons (Fsp3) is 0.750. The van der Waals surface area contributed by atoms with Crippen molar-refractivity contribution in [2.45, 2.75) is 38.6 Å². The second kappa shape index (κ2) is 4.66. The molecule has 0 unspecified atom stereocenters. The van der Waals surface area contributed by atoms with Gasteiger partial charge >= 0.3 is 0 Å². The highest BCUT2D eigenvalue weighted by atomic mass is 32.2. The number of hydrogen-bond donors (Lipinski definition) is 1. The molecule has 0 amide bonds. The second-order valence-corrected chi connectivity index (χ2v) is 7.87. The molecule has 0 aliphatic carbocycles. The molecule has 1 aromatic heterocycles. The predicted octanol–water partition coefficient (Wildman–Crippen LogP) is 1.86. The average Bonchev–Trinajstić information content (AvgIpc) is 2.82. The van der Waals surface area contributed by atoms with Crippen molar-refractivity contribution in [3.8, 4) is 0 Å². The highest BCUT2D eigenvalue weighted by molar-refractivity contribution is 7.89. The van der Waals surface area contributed by atoms with Crippen molar-refractivity contribution < 1.29 is 8.42 Å². The Labute approximate surface area is 109 Å². The number of hydrogen-bond acceptors (Lipinski definition) is 3. The van der Waals surface area contributed by atoms with Crippen molar-refractivity contribution in [2.24, 2.45) is 11.3 Å². The van der Waals surface area contributed by atoms with Gasteiger partial charge in [-0.1, -0.05) is 20.8 Å². The smallest absolute Gasteiger partial charge is 0.259 e. The van der Waals surface area contributed by atoms with Gasteiger partial charge in [0.05, 0.1) is 6.20 Å². The van der Waals surface area contributed by atoms with Crippen molar-refractivity contribution in [1.29, 1.82) is 0 Å². The Bertz CT molecular complexity index is 480. The Morgan fingerprint density at radius 3 is 2.39 bits per heavy atom. The van der Waals surface area contributed by atoms with E-state index < -0.39 is 10.0 Å². The van der Waals surface area contributed by atoms with Crippen LogP contribution < -0.4 is 0 Å². The summed E-state index contributed by atoms with van der Waals surface area (Å²) in [6, 6.07) is 1.51. The van der Waals surface area contributed by atoms with Crippen LogP contribution in [0.5, 0.6) is 0 Å². The zero-order valence-electron chi connectivity index (χ0n) is 11.2. The molecule has 0 bridgehead atoms. The molecule has 1 saturated heterocycles. The maximum absolute atomic E-state index is 12.3. The number of aromatic nitrogens is 2. The van der Waals surface area contributed by atoms with Crippen molar-refractivity contribution >= 4 is 10.0 Å². The summed E-state index contributed by atoms with van der Waals surface area (Å²) in [5, 5.41) is 6.43. The van der Waals surface area contributed by atoms with Gasteiger partial charge in [-0.3, -0.25) is 5.10 Å². The number of nitrogens with zero attached hydrogens (tertiary/aromatic N) is 2. The van der Waals surface area contributed by atoms with E-state index in [1.807, 2.05) is 0 Å². The van der Waals surface area contributed by atoms with Crippen LogP contribution in [0.3, 0.4) is 0 Å². The Morgan fingerprint density at radius 2 is 1.94 bits per heavy atom. The zero-order chi connectivity index (χ0) is 13.4. The van der Waals surface area contributed by atoms with Crippen LogP contribution >= 0.6 is 0 Å². The largest absolute Gasteiger partial charge is 0.266 e. The van der Waals surface area contributed by atoms with Crippen LogP contribution in [0.15, 0.2) is 17.3 Å². The lowest BCUT2D eigenvalue weighted by atomic mass is 9.76. The molecule has 0 saturated carbocycles. The minimum Gasteiger partial charge on any atom is -0.266 e. The molecular weight excluding hydrogens is 250 g/mol. The minimum absolute atomic E-state index is 0.191. The Balaban J connectivity index is 2.07. The van der Waals surface area contributed by atoms with E-state index in [9.17, 15) is 8.42 Å². The van der Waals surface area contributed by atoms with Crippen LogP contribution in [0.4, 0.5) is 0 Å². The first-order chi connectivity index (χ1) is 8.32. The van der Waals surface area contributed by atoms with Crippen LogP contribution in [0.25, 0.3) is 0 Å². The first-order valence-electron chi connectivity index (χ1n) is 6.31. The van der Waals surface area contributed by atoms with E-state index in [0.29, 0.717) is 19.0 Å². The maximum atomic E-state index is 12.3. The lowest BCUT2D eigenvalue weighted by Gasteiger charge is -2.37. The van der Waals surface area contributed by atoms with E-state index in [2.05, 4.69) is 31.0 Å². The van der Waals surface area contributed by atoms with Gasteiger partial charge in [-0.15, -0.1) is 0 Å². The summed E-state index contributed by atoms with van der Waals surface area (Å²) in [7, 11) is -3.37. The molecule has 1 N–H and O–H groups in total. The fourth-order valence-corrected chi connectivity index (χ4v) is 3.86. The molecule has 0 aromatic carbocycles. The first-order valence-corrected chi connectivity index (χ1v) is 7.75. The summed E-state index contributed by atoms with van der Waals surface area (Å²) in [6.45, 7) is 7.86. The summed E-state index contributed by atoms with van der Waals surface area (Å²) in [4.78, 5) is 0. The molecule has 1 aliphatic heterocycles. The van der Waals surface area contributed by atoms with E-state index in [1.165, 1.54) is 12.3 Å². The lowest BCUT2D eigenvalue weighted by Crippen LogP contribution is -2.41. The van der Waals surface area contributed by atoms with Gasteiger partial charge < -0.3 is 0 Å². The van der Waals surface area contributed by atoms with Gasteiger partial charge in [0.25, 0.3) is 10.0 Å². The van der Waals surface area contributed by atoms with E-state index in [4.69, 9.17) is 0 Å². The third-order valence-corrected chi connectivity index (χ3v) is 5.60. The number of nitrogens with one attached hydrogen (secondary N) is 1. The monoisotopic (exact) mass is 271 g/mol. The summed E-state index contributed by atoms with van der Waals surface area (Å²) < 4.78 is 26.1. The van der Waals surface area contributed by atoms with Gasteiger partial charge in [0.1, 0.15) is 0 Å². The Hall–Kier alpha value is -0.880. The molecule has 0 radical (unpaired) electrons. The third kappa shape index (κ3) is 2.59. The molecule has 0 spiro atoms. The SMILES string of the molecule is CC(C)(C)C1CCN(S(=O)(=O)c2ccn[nH]2)CC1. The minimum atomic E-state index is -3.37. The molecule has 1 fully saturated rings. The summed E-state index contributed by atoms with van der Waals surface area (Å²) >= 11 is 0. The Kier molecular flexibility index (Phi) is 3.51. The lowest BCUT2D eigenvalue weighted by molar-refractivity contribution is 0.154. The quantitative estimate of drug-likeness (QED) is 0.892. The van der Waals surface area contributed by atoms with Gasteiger partial charge in [0.2, 0.25) is 0 Å². The second-order valence-electron chi connectivity index (χ2n) is 5.97. The molecule has 6 heteroatoms. The number of rotatable bonds is 2. The maximum Gasteiger partial charge on any atom is 0.259 e. The summed E-state index contributed by atoms with van der Waals surface area (Å²) in [6.07, 6.45) is 3.32. The van der Waals surface area contributed by atoms with Crippen LogP contribution in [0, 0.1) is 11.3 Å². The highest BCUT2D eigenvalue weighted by Crippen LogP contribution is 2.35. The molecule has 2 rings (SSSR count). The van der Waals surface area contributed by atoms with Crippen LogP contribution in [0.1, 0.15) is 33.6 Å². The van der Waals surface area contributed by atoms with Crippen LogP contribution in [-0.2, 0) is 10.0 Å². The van der Waals surface area contributed by atoms with Crippen molar-refractivity contribution in [2.75, 3.05) is 13.1 Å². The molecule has 5 nitrogen and oxygen atoms in total. The van der Waals surface area contributed by atoms with Crippen molar-refractivity contribution in [3.05, 3.63) is 12.3 Å². The van der Waals surface area contributed by atoms with E-state index in [1.54, 1.807) is 4.31 Å². The average molecular weight is 271 g/mol. The van der Waals surface area contributed by atoms with Crippen molar-refractivity contribution in [1.82, 2.24) is 14.5 Å². The van der Waals surface area contributed by atoms with Gasteiger partial charge in [-0.25, -0.2) is 8.42 Å². The highest BCUT2D eigenvalue weighted by Gasteiger charge is 2.34. The standard InChI is InChI=1S/C12H21N3O2S/c1-12(2,3)10-5-8-15(9-6-10)18(16,17)11-4-7-13-14-11/h4,7,10H,5-6,8-9H2,1-3H3,(H,13,14). The van der Waals surface area contributed by atoms with Gasteiger partial charge in [-0.05, 0) is 30.2 Å². The fourth-order valence-electron chi connectivity index (χ4n) is 2.49. The molecule has 102 valence electrons. The summed E-state index contributed by atoms with van der Waals surface area (Å²) in [5.74, 6) is 0.589. The molecule has 2 heterocycles. The van der Waals surface area contributed by atoms with Crippen LogP contribution in [0.2, 0.25) is 0 Å². The van der Waals surface area contributed by atoms with Gasteiger partial charge in [0, 0.05) is 13.1 Å². The van der Waals surface area contributed by atoms with Gasteiger partial charge in [0.15, 0.2) is 5.03 Å². The molecule has 18 heavy (non-hydrogen) atoms.